The summed E-state index contributed by atoms with van der Waals surface area (Å²) in [5.41, 5.74) is 7.45. The Balaban J connectivity index is 0.000000131. The Bertz CT molecular complexity index is 6990. The summed E-state index contributed by atoms with van der Waals surface area (Å²) in [5.74, 6) is 5.30. The lowest BCUT2D eigenvalue weighted by Gasteiger charge is -2.36. The van der Waals surface area contributed by atoms with E-state index >= 15 is 0 Å². The number of aromatic nitrogens is 12. The molecule has 0 unspecified atom stereocenters. The molecule has 8 N–H and O–H groups in total. The molecule has 143 heavy (non-hydrogen) atoms. The fraction of sp³-hybridized carbons (Fsp3) is 0.451. The van der Waals surface area contributed by atoms with E-state index in [2.05, 4.69) is 80.8 Å². The third-order valence-corrected chi connectivity index (χ3v) is 26.1. The zero-order chi connectivity index (χ0) is 99.9. The maximum atomic E-state index is 13.0. The summed E-state index contributed by atoms with van der Waals surface area (Å²) < 4.78 is 60.0. The van der Waals surface area contributed by atoms with Gasteiger partial charge in [0.25, 0.3) is 23.6 Å². The maximum absolute atomic E-state index is 13.0. The van der Waals surface area contributed by atoms with Crippen molar-refractivity contribution >= 4 is 90.5 Å². The number of aliphatic hydroxyl groups excluding tert-OH is 4. The Morgan fingerprint density at radius 1 is 0.350 bits per heavy atom. The average molecular weight is 1960 g/mol. The molecule has 6 atom stereocenters. The zero-order valence-corrected chi connectivity index (χ0v) is 82.3. The van der Waals surface area contributed by atoms with Crippen LogP contribution in [0.4, 0.5) is 23.3 Å². The summed E-state index contributed by atoms with van der Waals surface area (Å²) >= 11 is 0. The van der Waals surface area contributed by atoms with Crippen LogP contribution in [-0.2, 0) is 30.9 Å². The lowest BCUT2D eigenvalue weighted by Crippen LogP contribution is -2.48. The quantitative estimate of drug-likeness (QED) is 0.0244. The summed E-state index contributed by atoms with van der Waals surface area (Å²) in [5, 5.41) is 58.8. The van der Waals surface area contributed by atoms with Crippen LogP contribution in [0, 0.1) is 27.7 Å². The van der Waals surface area contributed by atoms with Gasteiger partial charge in [0.15, 0.2) is 46.0 Å². The molecule has 8 aliphatic rings. The number of carbonyl (C=O) groups is 4. The van der Waals surface area contributed by atoms with Crippen molar-refractivity contribution in [2.45, 2.75) is 143 Å². The van der Waals surface area contributed by atoms with Crippen LogP contribution in [0.1, 0.15) is 117 Å². The molecule has 41 heteroatoms. The lowest BCUT2D eigenvalue weighted by atomic mass is 10.1. The molecule has 0 bridgehead atoms. The van der Waals surface area contributed by atoms with Gasteiger partial charge in [-0.25, -0.2) is 19.9 Å². The highest BCUT2D eigenvalue weighted by Crippen LogP contribution is 2.42. The van der Waals surface area contributed by atoms with E-state index in [1.807, 2.05) is 80.6 Å². The predicted molar refractivity (Wildman–Crippen MR) is 534 cm³/mol. The van der Waals surface area contributed by atoms with Gasteiger partial charge >= 0.3 is 0 Å². The topological polar surface area (TPSA) is 466 Å². The summed E-state index contributed by atoms with van der Waals surface area (Å²) in [4.78, 5) is 114. The molecule has 4 fully saturated rings. The van der Waals surface area contributed by atoms with Crippen molar-refractivity contribution in [1.29, 1.82) is 0 Å². The summed E-state index contributed by atoms with van der Waals surface area (Å²) in [7, 11) is 6.21. The first kappa shape index (κ1) is 100. The molecule has 0 spiro atoms. The van der Waals surface area contributed by atoms with Crippen molar-refractivity contribution in [3.8, 4) is 46.0 Å². The van der Waals surface area contributed by atoms with E-state index in [0.717, 1.165) is 97.2 Å². The van der Waals surface area contributed by atoms with Gasteiger partial charge in [0.05, 0.1) is 85.7 Å². The fourth-order valence-electron chi connectivity index (χ4n) is 19.1. The number of benzene rings is 4. The molecule has 16 heterocycles. The second kappa shape index (κ2) is 46.3. The van der Waals surface area contributed by atoms with Crippen molar-refractivity contribution in [2.24, 2.45) is 20.0 Å². The number of rotatable bonds is 28. The molecule has 754 valence electrons. The number of β-amino-alcohol motifs (C(OH)–C–C–N with tert-alkyl or cyclic N) is 4. The standard InChI is InChI=1S/C27H34N6O5.C26H32N6O4.C25H30N6O4.C24H28N6O4/c1-16-12-32(13-17(2)38-16)14-19(34)15-37-22-8-7-21-23(24(22)36-4)30-27(33-11-10-29-25(21)33)31-26(35)20-6-5-9-28-18(20)3;1-17-19(7-6-10-27-17)25(34)30-26-29-22-20(24-28-11-14-32(24)26)8-9-21(23(22)35-2)36-16-18(33)15-31-12-4-3-5-13-31;1-16-18(6-5-9-26-16)24(33)29-25-28-21-19(23-27-10-13-31(23)25)7-8-20(22(21)34-2)35-15-17(32)14-30-11-3-4-12-30;1-15-17(5-3-8-25-15)23(32)28-24-27-20-18(22-26-9-12-30(22)24)6-7-19(21(20)33-2)34-14-16(31)13-29-10-4-11-29/h5-9,16-17,19,29,34H,10-15H2,1-4H3;6-10,18,28,33H,3-5,11-16H2,1-2H3;5-9,17,27,32H,3-4,10-15H2,1-2H3;3,5-8,16,26,31H,4,9-14H2,1-2H3/t16-,17+,19-;18-;17-;16-/m1111/s1. The maximum Gasteiger partial charge on any atom is 0.282 e. The highest BCUT2D eigenvalue weighted by atomic mass is 16.5. The predicted octanol–water partition coefficient (Wildman–Crippen LogP) is 7.02. The summed E-state index contributed by atoms with van der Waals surface area (Å²) in [6, 6.07) is 28.6. The van der Waals surface area contributed by atoms with Crippen LogP contribution in [0.2, 0.25) is 0 Å². The Hall–Kier alpha value is -14.0. The van der Waals surface area contributed by atoms with Gasteiger partial charge in [-0.1, -0.05) is 6.42 Å². The molecule has 4 aromatic carbocycles. The molecule has 4 saturated heterocycles. The Kier molecular flexibility index (Phi) is 32.6. The number of likely N-dealkylation sites (tertiary alicyclic amines) is 3. The number of hydrogen-bond acceptors (Lipinski definition) is 33. The number of carbonyl (C=O) groups excluding carboxylic acids is 4. The number of methoxy groups -OCH3 is 4. The number of ether oxygens (including phenoxy) is 9. The largest absolute Gasteiger partial charge is 0.491 e. The third-order valence-electron chi connectivity index (χ3n) is 26.1. The Morgan fingerprint density at radius 2 is 0.594 bits per heavy atom. The average Bonchev–Trinajstić information content (AvgIpc) is 1.71. The normalized spacial score (nSPS) is 17.9. The van der Waals surface area contributed by atoms with Gasteiger partial charge in [0.2, 0.25) is 22.5 Å². The van der Waals surface area contributed by atoms with Gasteiger partial charge in [-0.15, -0.1) is 0 Å². The van der Waals surface area contributed by atoms with Crippen molar-refractivity contribution in [3.05, 3.63) is 189 Å². The van der Waals surface area contributed by atoms with Crippen LogP contribution in [0.3, 0.4) is 0 Å². The number of morpholine rings is 1. The summed E-state index contributed by atoms with van der Waals surface area (Å²) in [6.45, 7) is 26.9. The second-order valence-corrected chi connectivity index (χ2v) is 36.4. The molecule has 20 rings (SSSR count). The van der Waals surface area contributed by atoms with Crippen LogP contribution < -0.4 is 81.6 Å². The fourth-order valence-corrected chi connectivity index (χ4v) is 19.1. The minimum absolute atomic E-state index is 0.0932. The zero-order valence-electron chi connectivity index (χ0n) is 82.3. The van der Waals surface area contributed by atoms with Crippen LogP contribution in [0.15, 0.2) is 142 Å². The number of pyridine rings is 4. The van der Waals surface area contributed by atoms with Crippen LogP contribution in [0.25, 0.3) is 43.6 Å². The van der Waals surface area contributed by atoms with Gasteiger partial charge < -0.3 is 99.0 Å². The molecule has 8 aliphatic heterocycles. The molecular weight excluding hydrogens is 1830 g/mol. The summed E-state index contributed by atoms with van der Waals surface area (Å²) in [6.07, 6.45) is 11.4. The van der Waals surface area contributed by atoms with E-state index < -0.39 is 48.0 Å². The third kappa shape index (κ3) is 23.3. The van der Waals surface area contributed by atoms with E-state index in [4.69, 9.17) is 62.6 Å². The number of nitrogens with one attached hydrogen (secondary N) is 4. The van der Waals surface area contributed by atoms with Crippen molar-refractivity contribution in [3.63, 3.8) is 0 Å². The van der Waals surface area contributed by atoms with E-state index in [1.165, 1.54) is 38.5 Å². The van der Waals surface area contributed by atoms with Crippen LogP contribution in [0.5, 0.6) is 46.0 Å². The molecule has 0 saturated carbocycles. The number of amides is 4. The second-order valence-electron chi connectivity index (χ2n) is 36.4. The van der Waals surface area contributed by atoms with Gasteiger partial charge in [-0.05, 0) is 210 Å². The number of fused-ring (bicyclic) bond motifs is 12. The molecule has 8 aromatic heterocycles. The van der Waals surface area contributed by atoms with Crippen molar-refractivity contribution in [2.75, 3.05) is 181 Å². The van der Waals surface area contributed by atoms with E-state index in [0.29, 0.717) is 192 Å². The first-order valence-electron chi connectivity index (χ1n) is 48.7. The minimum Gasteiger partial charge on any atom is -0.491 e. The molecular formula is C102H124N24O17. The smallest absolute Gasteiger partial charge is 0.282 e. The van der Waals surface area contributed by atoms with Crippen LogP contribution in [-0.4, -0.2) is 318 Å². The number of aliphatic hydroxyl groups is 4. The minimum atomic E-state index is -0.691. The van der Waals surface area contributed by atoms with E-state index in [1.54, 1.807) is 129 Å². The molecule has 4 amide bonds. The number of nitrogens with zero attached hydrogens (tertiary/aromatic N) is 20. The molecule has 0 radical (unpaired) electrons. The SMILES string of the molecule is COc1c(OC[C@H](O)CN2CCC2)ccc2c3n(c(=NC(=O)c4cccnc4C)nc12)CCN3.COc1c(OC[C@H](O)CN2CCCC2)ccc2c3n(c(=NC(=O)c4cccnc4C)nc12)CCN3.COc1c(OC[C@H](O)CN2CCCCC2)ccc2c3n(c(=NC(=O)c4cccnc4C)nc12)CCN3.COc1c(OC[C@H](O)CN2C[C@@H](C)O[C@@H](C)C2)ccc2c3n(c(=NC(=O)c4cccnc4C)nc12)CCN3. The van der Waals surface area contributed by atoms with E-state index in [-0.39, 0.29) is 61.1 Å². The van der Waals surface area contributed by atoms with Gasteiger partial charge in [-0.3, -0.25) is 62.3 Å². The lowest BCUT2D eigenvalue weighted by molar-refractivity contribution is -0.0787. The number of anilines is 4. The first-order chi connectivity index (χ1) is 69.5. The number of piperidine rings is 1. The van der Waals surface area contributed by atoms with Crippen LogP contribution >= 0.6 is 0 Å². The number of aryl methyl sites for hydroxylation is 4. The molecule has 12 aromatic rings. The van der Waals surface area contributed by atoms with Gasteiger partial charge in [0.1, 0.15) is 96.2 Å². The highest BCUT2D eigenvalue weighted by molar-refractivity contribution is 6.01. The van der Waals surface area contributed by atoms with Gasteiger partial charge in [0, 0.05) is 138 Å². The number of hydrogen-bond donors (Lipinski definition) is 8. The first-order valence-corrected chi connectivity index (χ1v) is 48.7. The molecule has 0 aliphatic carbocycles. The molecule has 41 nitrogen and oxygen atoms in total. The monoisotopic (exact) mass is 1960 g/mol. The Labute approximate surface area is 825 Å². The van der Waals surface area contributed by atoms with Gasteiger partial charge in [-0.2, -0.15) is 20.0 Å². The van der Waals surface area contributed by atoms with Crippen molar-refractivity contribution < 1.29 is 82.2 Å². The van der Waals surface area contributed by atoms with E-state index in [9.17, 15) is 39.6 Å². The van der Waals surface area contributed by atoms with Crippen molar-refractivity contribution in [1.82, 2.24) is 77.7 Å². The highest BCUT2D eigenvalue weighted by Gasteiger charge is 2.32. The Morgan fingerprint density at radius 3 is 0.832 bits per heavy atom.